The molecular weight excluding hydrogens is 230 g/mol. The quantitative estimate of drug-likeness (QED) is 0.744. The summed E-state index contributed by atoms with van der Waals surface area (Å²) >= 11 is 0. The Hall–Kier alpha value is -1.62. The minimum absolute atomic E-state index is 0.195. The van der Waals surface area contributed by atoms with Crippen LogP contribution in [0.4, 0.5) is 5.69 Å². The van der Waals surface area contributed by atoms with Crippen molar-refractivity contribution in [3.05, 3.63) is 24.0 Å². The maximum atomic E-state index is 11.4. The molecule has 0 radical (unpaired) electrons. The first kappa shape index (κ1) is 12.8. The van der Waals surface area contributed by atoms with Crippen LogP contribution in [-0.2, 0) is 0 Å². The number of amides is 1. The van der Waals surface area contributed by atoms with Gasteiger partial charge >= 0.3 is 0 Å². The summed E-state index contributed by atoms with van der Waals surface area (Å²) in [6.07, 6.45) is 4.46. The molecule has 1 aromatic heterocycles. The topological polar surface area (TPSA) is 74.2 Å². The predicted octanol–water partition coefficient (Wildman–Crippen LogP) is 1.01. The molecule has 2 unspecified atom stereocenters. The third-order valence-electron chi connectivity index (χ3n) is 3.41. The number of nitrogens with one attached hydrogen (secondary N) is 2. The molecule has 98 valence electrons. The third kappa shape index (κ3) is 2.98. The summed E-state index contributed by atoms with van der Waals surface area (Å²) in [4.78, 5) is 15.4. The fraction of sp³-hybridized carbons (Fsp3) is 0.538. The second-order valence-corrected chi connectivity index (χ2v) is 4.65. The van der Waals surface area contributed by atoms with Gasteiger partial charge in [-0.15, -0.1) is 0 Å². The van der Waals surface area contributed by atoms with Crippen LogP contribution < -0.4 is 10.6 Å². The van der Waals surface area contributed by atoms with Crippen molar-refractivity contribution in [1.29, 1.82) is 0 Å². The van der Waals surface area contributed by atoms with Crippen molar-refractivity contribution in [3.8, 4) is 0 Å². The van der Waals surface area contributed by atoms with Gasteiger partial charge in [-0.1, -0.05) is 6.42 Å². The van der Waals surface area contributed by atoms with Crippen LogP contribution in [0.3, 0.4) is 0 Å². The zero-order chi connectivity index (χ0) is 13.0. The number of pyridine rings is 1. The maximum Gasteiger partial charge on any atom is 0.269 e. The van der Waals surface area contributed by atoms with Gasteiger partial charge in [0.15, 0.2) is 0 Å². The fourth-order valence-electron chi connectivity index (χ4n) is 2.30. The lowest BCUT2D eigenvalue weighted by Gasteiger charge is -2.16. The molecule has 0 bridgehead atoms. The van der Waals surface area contributed by atoms with Crippen molar-refractivity contribution in [2.45, 2.75) is 25.4 Å². The second kappa shape index (κ2) is 5.82. The van der Waals surface area contributed by atoms with E-state index < -0.39 is 0 Å². The minimum atomic E-state index is -0.197. The normalized spacial score (nSPS) is 22.8. The molecule has 1 aliphatic carbocycles. The van der Waals surface area contributed by atoms with Gasteiger partial charge in [0.05, 0.1) is 6.10 Å². The Kier molecular flexibility index (Phi) is 4.15. The Morgan fingerprint density at radius 3 is 3.06 bits per heavy atom. The number of anilines is 1. The van der Waals surface area contributed by atoms with Crippen molar-refractivity contribution in [1.82, 2.24) is 10.3 Å². The molecule has 1 saturated carbocycles. The van der Waals surface area contributed by atoms with E-state index in [0.717, 1.165) is 31.5 Å². The van der Waals surface area contributed by atoms with E-state index in [-0.39, 0.29) is 12.0 Å². The lowest BCUT2D eigenvalue weighted by molar-refractivity contribution is 0.0958. The molecule has 5 heteroatoms. The van der Waals surface area contributed by atoms with Gasteiger partial charge in [-0.05, 0) is 25.0 Å². The standard InChI is InChI=1S/C13H19N3O2/c1-14-13(18)11-7-10(5-6-15-11)16-8-9-3-2-4-12(9)17/h5-7,9,12,17H,2-4,8H2,1H3,(H,14,18)(H,15,16). The number of aliphatic hydroxyl groups excluding tert-OH is 1. The van der Waals surface area contributed by atoms with E-state index in [9.17, 15) is 9.90 Å². The highest BCUT2D eigenvalue weighted by Gasteiger charge is 2.24. The summed E-state index contributed by atoms with van der Waals surface area (Å²) < 4.78 is 0. The van der Waals surface area contributed by atoms with Gasteiger partial charge < -0.3 is 15.7 Å². The Morgan fingerprint density at radius 2 is 2.39 bits per heavy atom. The van der Waals surface area contributed by atoms with Gasteiger partial charge in [0.1, 0.15) is 5.69 Å². The van der Waals surface area contributed by atoms with Gasteiger partial charge in [-0.2, -0.15) is 0 Å². The summed E-state index contributed by atoms with van der Waals surface area (Å²) in [5, 5.41) is 15.5. The largest absolute Gasteiger partial charge is 0.393 e. The molecule has 1 aliphatic rings. The van der Waals surface area contributed by atoms with Gasteiger partial charge in [0, 0.05) is 31.4 Å². The van der Waals surface area contributed by atoms with Gasteiger partial charge in [-0.3, -0.25) is 9.78 Å². The molecule has 2 atom stereocenters. The van der Waals surface area contributed by atoms with Crippen LogP contribution in [0.5, 0.6) is 0 Å². The van der Waals surface area contributed by atoms with Crippen molar-refractivity contribution < 1.29 is 9.90 Å². The van der Waals surface area contributed by atoms with E-state index in [0.29, 0.717) is 11.6 Å². The van der Waals surface area contributed by atoms with E-state index in [1.807, 2.05) is 6.07 Å². The SMILES string of the molecule is CNC(=O)c1cc(NCC2CCCC2O)ccn1. The molecule has 1 amide bonds. The predicted molar refractivity (Wildman–Crippen MR) is 69.5 cm³/mol. The first-order valence-electron chi connectivity index (χ1n) is 6.31. The molecule has 1 heterocycles. The van der Waals surface area contributed by atoms with Crippen molar-refractivity contribution >= 4 is 11.6 Å². The number of aliphatic hydroxyl groups is 1. The molecule has 0 spiro atoms. The molecule has 1 fully saturated rings. The highest BCUT2D eigenvalue weighted by Crippen LogP contribution is 2.25. The van der Waals surface area contributed by atoms with Crippen LogP contribution in [0.1, 0.15) is 29.8 Å². The van der Waals surface area contributed by atoms with E-state index in [2.05, 4.69) is 15.6 Å². The molecule has 2 rings (SSSR count). The molecule has 0 saturated heterocycles. The van der Waals surface area contributed by atoms with E-state index in [4.69, 9.17) is 0 Å². The van der Waals surface area contributed by atoms with E-state index in [1.54, 1.807) is 19.3 Å². The zero-order valence-corrected chi connectivity index (χ0v) is 10.5. The monoisotopic (exact) mass is 249 g/mol. The van der Waals surface area contributed by atoms with Crippen LogP contribution in [-0.4, -0.2) is 35.7 Å². The number of aromatic nitrogens is 1. The Bertz CT molecular complexity index is 422. The summed E-state index contributed by atoms with van der Waals surface area (Å²) in [6.45, 7) is 0.734. The average molecular weight is 249 g/mol. The fourth-order valence-corrected chi connectivity index (χ4v) is 2.30. The molecule has 3 N–H and O–H groups in total. The number of hydrogen-bond acceptors (Lipinski definition) is 4. The first-order valence-corrected chi connectivity index (χ1v) is 6.31. The third-order valence-corrected chi connectivity index (χ3v) is 3.41. The lowest BCUT2D eigenvalue weighted by Crippen LogP contribution is -2.22. The number of nitrogens with zero attached hydrogens (tertiary/aromatic N) is 1. The number of hydrogen-bond donors (Lipinski definition) is 3. The highest BCUT2D eigenvalue weighted by atomic mass is 16.3. The second-order valence-electron chi connectivity index (χ2n) is 4.65. The van der Waals surface area contributed by atoms with Gasteiger partial charge in [0.2, 0.25) is 0 Å². The van der Waals surface area contributed by atoms with Crippen LogP contribution in [0.25, 0.3) is 0 Å². The maximum absolute atomic E-state index is 11.4. The van der Waals surface area contributed by atoms with Crippen molar-refractivity contribution in [2.75, 3.05) is 18.9 Å². The smallest absolute Gasteiger partial charge is 0.269 e. The van der Waals surface area contributed by atoms with Crippen LogP contribution in [0.2, 0.25) is 0 Å². The molecule has 0 aliphatic heterocycles. The number of rotatable bonds is 4. The molecule has 5 nitrogen and oxygen atoms in total. The molecule has 18 heavy (non-hydrogen) atoms. The average Bonchev–Trinajstić information content (AvgIpc) is 2.81. The van der Waals surface area contributed by atoms with Crippen molar-refractivity contribution in [2.24, 2.45) is 5.92 Å². The minimum Gasteiger partial charge on any atom is -0.393 e. The Balaban J connectivity index is 1.95. The van der Waals surface area contributed by atoms with Crippen LogP contribution in [0.15, 0.2) is 18.3 Å². The molecule has 1 aromatic rings. The lowest BCUT2D eigenvalue weighted by atomic mass is 10.1. The number of carbonyl (C=O) groups excluding carboxylic acids is 1. The van der Waals surface area contributed by atoms with Crippen molar-refractivity contribution in [3.63, 3.8) is 0 Å². The Morgan fingerprint density at radius 1 is 1.56 bits per heavy atom. The summed E-state index contributed by atoms with van der Waals surface area (Å²) in [7, 11) is 1.58. The summed E-state index contributed by atoms with van der Waals surface area (Å²) in [5.41, 5.74) is 1.26. The van der Waals surface area contributed by atoms with Gasteiger partial charge in [-0.25, -0.2) is 0 Å². The zero-order valence-electron chi connectivity index (χ0n) is 10.5. The van der Waals surface area contributed by atoms with Crippen LogP contribution >= 0.6 is 0 Å². The number of carbonyl (C=O) groups is 1. The molecule has 0 aromatic carbocycles. The van der Waals surface area contributed by atoms with E-state index in [1.165, 1.54) is 0 Å². The highest BCUT2D eigenvalue weighted by molar-refractivity contribution is 5.92. The summed E-state index contributed by atoms with van der Waals surface area (Å²) in [5.74, 6) is 0.112. The summed E-state index contributed by atoms with van der Waals surface area (Å²) in [6, 6.07) is 3.55. The first-order chi connectivity index (χ1) is 8.70. The van der Waals surface area contributed by atoms with E-state index >= 15 is 0 Å². The molecular formula is C13H19N3O2. The van der Waals surface area contributed by atoms with Crippen LogP contribution in [0, 0.1) is 5.92 Å². The Labute approximate surface area is 107 Å². The van der Waals surface area contributed by atoms with Gasteiger partial charge in [0.25, 0.3) is 5.91 Å².